The molecule has 3 nitrogen and oxygen atoms in total. The number of ether oxygens (including phenoxy) is 1. The van der Waals surface area contributed by atoms with Crippen LogP contribution in [-0.4, -0.2) is 28.4 Å². The summed E-state index contributed by atoms with van der Waals surface area (Å²) in [6.45, 7) is 1.71. The molecule has 0 atom stereocenters. The van der Waals surface area contributed by atoms with Gasteiger partial charge in [-0.25, -0.2) is 14.4 Å². The van der Waals surface area contributed by atoms with Crippen LogP contribution in [0.15, 0.2) is 18.3 Å². The highest BCUT2D eigenvalue weighted by molar-refractivity contribution is 7.99. The van der Waals surface area contributed by atoms with Crippen molar-refractivity contribution in [2.45, 2.75) is 68.8 Å². The summed E-state index contributed by atoms with van der Waals surface area (Å²) in [5, 5.41) is 1.16. The summed E-state index contributed by atoms with van der Waals surface area (Å²) < 4.78 is 19.9. The third-order valence-electron chi connectivity index (χ3n) is 5.94. The van der Waals surface area contributed by atoms with Crippen LogP contribution in [0.1, 0.15) is 62.8 Å². The van der Waals surface area contributed by atoms with Crippen molar-refractivity contribution in [3.8, 4) is 0 Å². The normalized spacial score (nSPS) is 19.6. The molecule has 0 spiro atoms. The van der Waals surface area contributed by atoms with Crippen molar-refractivity contribution in [1.82, 2.24) is 9.97 Å². The summed E-state index contributed by atoms with van der Waals surface area (Å²) in [5.41, 5.74) is 1.83. The van der Waals surface area contributed by atoms with Gasteiger partial charge in [-0.3, -0.25) is 0 Å². The zero-order chi connectivity index (χ0) is 18.5. The van der Waals surface area contributed by atoms with Crippen molar-refractivity contribution < 1.29 is 9.13 Å². The third kappa shape index (κ3) is 5.20. The Balaban J connectivity index is 1.42. The molecule has 2 heterocycles. The van der Waals surface area contributed by atoms with Crippen molar-refractivity contribution in [3.63, 3.8) is 0 Å². The van der Waals surface area contributed by atoms with Crippen molar-refractivity contribution >= 4 is 22.7 Å². The molecule has 0 N–H and O–H groups in total. The highest BCUT2D eigenvalue weighted by Gasteiger charge is 2.16. The number of thioether (sulfide) groups is 1. The average molecular weight is 389 g/mol. The molecular formula is C22H29FN2OS. The number of hydrogen-bond acceptors (Lipinski definition) is 4. The van der Waals surface area contributed by atoms with E-state index in [0.717, 1.165) is 61.1 Å². The zero-order valence-electron chi connectivity index (χ0n) is 16.0. The number of aryl methyl sites for hydroxylation is 1. The molecule has 1 aromatic heterocycles. The molecule has 2 aliphatic rings. The van der Waals surface area contributed by atoms with Crippen LogP contribution in [0.25, 0.3) is 10.9 Å². The number of halogens is 1. The molecule has 2 aromatic rings. The monoisotopic (exact) mass is 388 g/mol. The maximum Gasteiger partial charge on any atom is 0.138 e. The fraction of sp³-hybridized carbons (Fsp3) is 0.636. The van der Waals surface area contributed by atoms with Crippen molar-refractivity contribution in [2.75, 3.05) is 13.2 Å². The highest BCUT2D eigenvalue weighted by atomic mass is 32.2. The van der Waals surface area contributed by atoms with E-state index in [2.05, 4.69) is 16.0 Å². The number of hydrogen-bond donors (Lipinski definition) is 0. The van der Waals surface area contributed by atoms with Gasteiger partial charge in [0, 0.05) is 24.7 Å². The molecule has 1 saturated heterocycles. The second-order valence-electron chi connectivity index (χ2n) is 7.96. The highest BCUT2D eigenvalue weighted by Crippen LogP contribution is 2.29. The predicted octanol–water partition coefficient (Wildman–Crippen LogP) is 5.69. The first kappa shape index (κ1) is 19.1. The van der Waals surface area contributed by atoms with Crippen molar-refractivity contribution in [2.24, 2.45) is 5.92 Å². The smallest absolute Gasteiger partial charge is 0.138 e. The molecule has 1 aromatic carbocycles. The number of benzene rings is 1. The van der Waals surface area contributed by atoms with Gasteiger partial charge < -0.3 is 4.74 Å². The van der Waals surface area contributed by atoms with E-state index in [4.69, 9.17) is 4.74 Å². The van der Waals surface area contributed by atoms with Crippen LogP contribution in [0.4, 0.5) is 4.39 Å². The van der Waals surface area contributed by atoms with Gasteiger partial charge in [0.2, 0.25) is 0 Å². The molecule has 27 heavy (non-hydrogen) atoms. The van der Waals surface area contributed by atoms with Crippen LogP contribution in [0.3, 0.4) is 0 Å². The van der Waals surface area contributed by atoms with E-state index in [1.54, 1.807) is 12.3 Å². The van der Waals surface area contributed by atoms with E-state index >= 15 is 0 Å². The van der Waals surface area contributed by atoms with Crippen LogP contribution in [-0.2, 0) is 16.9 Å². The summed E-state index contributed by atoms with van der Waals surface area (Å²) in [5.74, 6) is 2.22. The van der Waals surface area contributed by atoms with Gasteiger partial charge in [-0.2, -0.15) is 11.8 Å². The maximum absolute atomic E-state index is 14.5. The van der Waals surface area contributed by atoms with Gasteiger partial charge in [0.25, 0.3) is 0 Å². The molecule has 146 valence electrons. The zero-order valence-corrected chi connectivity index (χ0v) is 16.8. The molecule has 1 aliphatic carbocycles. The Hall–Kier alpha value is -1.20. The molecule has 2 fully saturated rings. The van der Waals surface area contributed by atoms with Crippen LogP contribution in [0.5, 0.6) is 0 Å². The van der Waals surface area contributed by atoms with Crippen LogP contribution in [0, 0.1) is 11.7 Å². The molecule has 1 aliphatic heterocycles. The van der Waals surface area contributed by atoms with Gasteiger partial charge in [-0.15, -0.1) is 0 Å². The average Bonchev–Trinajstić information content (AvgIpc) is 2.72. The van der Waals surface area contributed by atoms with Gasteiger partial charge in [-0.1, -0.05) is 32.1 Å². The molecule has 0 amide bonds. The second-order valence-corrected chi connectivity index (χ2v) is 9.25. The van der Waals surface area contributed by atoms with Crippen LogP contribution >= 0.6 is 11.8 Å². The Kier molecular flexibility index (Phi) is 6.61. The minimum atomic E-state index is -0.185. The molecule has 5 heteroatoms. The van der Waals surface area contributed by atoms with Crippen LogP contribution < -0.4 is 0 Å². The summed E-state index contributed by atoms with van der Waals surface area (Å²) in [4.78, 5) is 9.07. The quantitative estimate of drug-likeness (QED) is 0.636. The topological polar surface area (TPSA) is 35.0 Å². The number of nitrogens with zero attached hydrogens (tertiary/aromatic N) is 2. The Bertz CT molecular complexity index is 752. The molecule has 0 bridgehead atoms. The molecule has 0 radical (unpaired) electrons. The van der Waals surface area contributed by atoms with E-state index in [9.17, 15) is 4.39 Å². The van der Waals surface area contributed by atoms with Gasteiger partial charge in [-0.05, 0) is 49.3 Å². The lowest BCUT2D eigenvalue weighted by Gasteiger charge is -2.21. The summed E-state index contributed by atoms with van der Waals surface area (Å²) in [7, 11) is 0. The lowest BCUT2D eigenvalue weighted by molar-refractivity contribution is 0.1000. The summed E-state index contributed by atoms with van der Waals surface area (Å²) >= 11 is 1.90. The van der Waals surface area contributed by atoms with E-state index < -0.39 is 0 Å². The first-order valence-corrected chi connectivity index (χ1v) is 11.5. The molecular weight excluding hydrogens is 359 g/mol. The van der Waals surface area contributed by atoms with E-state index in [1.165, 1.54) is 38.5 Å². The fourth-order valence-electron chi connectivity index (χ4n) is 4.28. The standard InChI is InChI=1S/C22H29FN2OS/c23-20-12-17(7-6-16-4-2-1-3-5-16)13-21-19(20)14-24-22(25-21)15-27-18-8-10-26-11-9-18/h12-14,16,18H,1-11,15H2. The van der Waals surface area contributed by atoms with Crippen molar-refractivity contribution in [3.05, 3.63) is 35.5 Å². The predicted molar refractivity (Wildman–Crippen MR) is 110 cm³/mol. The maximum atomic E-state index is 14.5. The minimum Gasteiger partial charge on any atom is -0.381 e. The summed E-state index contributed by atoms with van der Waals surface area (Å²) in [6, 6.07) is 3.76. The largest absolute Gasteiger partial charge is 0.381 e. The molecule has 1 saturated carbocycles. The number of rotatable bonds is 6. The van der Waals surface area contributed by atoms with Gasteiger partial charge >= 0.3 is 0 Å². The van der Waals surface area contributed by atoms with E-state index in [1.807, 2.05) is 11.8 Å². The van der Waals surface area contributed by atoms with Gasteiger partial charge in [0.15, 0.2) is 0 Å². The van der Waals surface area contributed by atoms with Crippen LogP contribution in [0.2, 0.25) is 0 Å². The lowest BCUT2D eigenvalue weighted by Crippen LogP contribution is -2.17. The molecule has 0 unspecified atom stereocenters. The first-order valence-electron chi connectivity index (χ1n) is 10.4. The first-order chi connectivity index (χ1) is 13.3. The third-order valence-corrected chi connectivity index (χ3v) is 7.31. The number of aromatic nitrogens is 2. The Morgan fingerprint density at radius 3 is 2.70 bits per heavy atom. The lowest BCUT2D eigenvalue weighted by atomic mass is 9.85. The number of fused-ring (bicyclic) bond motifs is 1. The van der Waals surface area contributed by atoms with E-state index in [-0.39, 0.29) is 5.82 Å². The molecule has 4 rings (SSSR count). The second kappa shape index (κ2) is 9.33. The van der Waals surface area contributed by atoms with Gasteiger partial charge in [0.1, 0.15) is 11.6 Å². The SMILES string of the molecule is Fc1cc(CCC2CCCCC2)cc2nc(CSC3CCOCC3)ncc12. The Labute approximate surface area is 165 Å². The Morgan fingerprint density at radius 1 is 1.07 bits per heavy atom. The van der Waals surface area contributed by atoms with Gasteiger partial charge in [0.05, 0.1) is 16.7 Å². The van der Waals surface area contributed by atoms with Crippen molar-refractivity contribution in [1.29, 1.82) is 0 Å². The minimum absolute atomic E-state index is 0.185. The fourth-order valence-corrected chi connectivity index (χ4v) is 5.33. The van der Waals surface area contributed by atoms with E-state index in [0.29, 0.717) is 10.6 Å². The Morgan fingerprint density at radius 2 is 1.89 bits per heavy atom. The summed E-state index contributed by atoms with van der Waals surface area (Å²) in [6.07, 6.45) is 12.7.